The highest BCUT2D eigenvalue weighted by Gasteiger charge is 2.28. The predicted molar refractivity (Wildman–Crippen MR) is 73.2 cm³/mol. The van der Waals surface area contributed by atoms with Crippen molar-refractivity contribution < 1.29 is 13.7 Å². The van der Waals surface area contributed by atoms with Crippen molar-refractivity contribution in [3.63, 3.8) is 0 Å². The summed E-state index contributed by atoms with van der Waals surface area (Å²) >= 11 is 0. The van der Waals surface area contributed by atoms with Gasteiger partial charge in [-0.15, -0.1) is 0 Å². The number of likely N-dealkylation sites (tertiary alicyclic amines) is 1. The fourth-order valence-corrected chi connectivity index (χ4v) is 2.75. The maximum Gasteiger partial charge on any atom is 0.276 e. The Labute approximate surface area is 117 Å². The minimum Gasteiger partial charge on any atom is -0.461 e. The van der Waals surface area contributed by atoms with Crippen molar-refractivity contribution in [2.75, 3.05) is 6.54 Å². The number of furan rings is 1. The van der Waals surface area contributed by atoms with E-state index in [-0.39, 0.29) is 5.91 Å². The van der Waals surface area contributed by atoms with E-state index in [4.69, 9.17) is 8.94 Å². The second-order valence-electron chi connectivity index (χ2n) is 5.11. The van der Waals surface area contributed by atoms with Crippen molar-refractivity contribution in [2.24, 2.45) is 0 Å². The molecular formula is C15H18N2O3. The summed E-state index contributed by atoms with van der Waals surface area (Å²) in [7, 11) is 0. The van der Waals surface area contributed by atoms with Gasteiger partial charge in [-0.1, -0.05) is 12.1 Å². The third kappa shape index (κ3) is 2.35. The van der Waals surface area contributed by atoms with E-state index in [1.165, 1.54) is 6.42 Å². The zero-order valence-electron chi connectivity index (χ0n) is 11.5. The van der Waals surface area contributed by atoms with Gasteiger partial charge < -0.3 is 13.8 Å². The zero-order chi connectivity index (χ0) is 13.9. The molecule has 0 aromatic carbocycles. The fourth-order valence-electron chi connectivity index (χ4n) is 2.75. The molecule has 0 N–H and O–H groups in total. The molecule has 5 heteroatoms. The molecule has 0 radical (unpaired) electrons. The fraction of sp³-hybridized carbons (Fsp3) is 0.467. The SMILES string of the molecule is CC[C@@H]1CCCCN1C(=O)c1cc(-c2ccco2)on1. The van der Waals surface area contributed by atoms with Crippen LogP contribution in [0.2, 0.25) is 0 Å². The van der Waals surface area contributed by atoms with Crippen LogP contribution in [0.5, 0.6) is 0 Å². The van der Waals surface area contributed by atoms with Crippen LogP contribution in [-0.4, -0.2) is 28.6 Å². The smallest absolute Gasteiger partial charge is 0.276 e. The summed E-state index contributed by atoms with van der Waals surface area (Å²) in [6.45, 7) is 2.92. The third-order valence-corrected chi connectivity index (χ3v) is 3.85. The van der Waals surface area contributed by atoms with E-state index in [1.54, 1.807) is 24.5 Å². The lowest BCUT2D eigenvalue weighted by Gasteiger charge is -2.34. The van der Waals surface area contributed by atoms with Crippen molar-refractivity contribution in [1.82, 2.24) is 10.1 Å². The molecule has 1 amide bonds. The van der Waals surface area contributed by atoms with Gasteiger partial charge in [0.15, 0.2) is 11.5 Å². The van der Waals surface area contributed by atoms with Crippen molar-refractivity contribution in [3.8, 4) is 11.5 Å². The Morgan fingerprint density at radius 1 is 1.45 bits per heavy atom. The first-order valence-electron chi connectivity index (χ1n) is 7.11. The Morgan fingerprint density at radius 3 is 3.10 bits per heavy atom. The van der Waals surface area contributed by atoms with Crippen LogP contribution in [0.3, 0.4) is 0 Å². The summed E-state index contributed by atoms with van der Waals surface area (Å²) < 4.78 is 10.4. The molecule has 3 heterocycles. The van der Waals surface area contributed by atoms with Crippen LogP contribution in [0.25, 0.3) is 11.5 Å². The van der Waals surface area contributed by atoms with Crippen LogP contribution in [0.1, 0.15) is 43.1 Å². The second kappa shape index (κ2) is 5.53. The molecule has 1 aliphatic heterocycles. The number of carbonyl (C=O) groups excluding carboxylic acids is 1. The Bertz CT molecular complexity index is 574. The predicted octanol–water partition coefficient (Wildman–Crippen LogP) is 3.34. The Kier molecular flexibility index (Phi) is 3.58. The highest BCUT2D eigenvalue weighted by atomic mass is 16.5. The summed E-state index contributed by atoms with van der Waals surface area (Å²) in [5.74, 6) is 1.03. The van der Waals surface area contributed by atoms with E-state index in [0.717, 1.165) is 25.8 Å². The van der Waals surface area contributed by atoms with Gasteiger partial charge in [0.25, 0.3) is 5.91 Å². The van der Waals surface area contributed by atoms with Gasteiger partial charge in [0.2, 0.25) is 5.76 Å². The second-order valence-corrected chi connectivity index (χ2v) is 5.11. The summed E-state index contributed by atoms with van der Waals surface area (Å²) in [5, 5.41) is 3.89. The van der Waals surface area contributed by atoms with Gasteiger partial charge in [-0.05, 0) is 37.8 Å². The molecule has 1 fully saturated rings. The van der Waals surface area contributed by atoms with E-state index in [2.05, 4.69) is 12.1 Å². The molecule has 2 aromatic heterocycles. The van der Waals surface area contributed by atoms with E-state index in [1.807, 2.05) is 4.90 Å². The lowest BCUT2D eigenvalue weighted by molar-refractivity contribution is 0.0597. The summed E-state index contributed by atoms with van der Waals surface area (Å²) in [5.41, 5.74) is 0.358. The maximum atomic E-state index is 12.5. The van der Waals surface area contributed by atoms with Crippen LogP contribution in [0.15, 0.2) is 33.4 Å². The number of rotatable bonds is 3. The van der Waals surface area contributed by atoms with Gasteiger partial charge in [-0.3, -0.25) is 4.79 Å². The molecule has 3 rings (SSSR count). The molecule has 0 spiro atoms. The largest absolute Gasteiger partial charge is 0.461 e. The van der Waals surface area contributed by atoms with Crippen LogP contribution in [0, 0.1) is 0 Å². The van der Waals surface area contributed by atoms with Gasteiger partial charge in [0.1, 0.15) is 0 Å². The minimum absolute atomic E-state index is 0.0434. The lowest BCUT2D eigenvalue weighted by Crippen LogP contribution is -2.43. The lowest BCUT2D eigenvalue weighted by atomic mass is 9.99. The molecule has 106 valence electrons. The molecule has 1 saturated heterocycles. The van der Waals surface area contributed by atoms with Crippen LogP contribution in [0.4, 0.5) is 0 Å². The first-order chi connectivity index (χ1) is 9.79. The van der Waals surface area contributed by atoms with E-state index in [0.29, 0.717) is 23.3 Å². The average Bonchev–Trinajstić information content (AvgIpc) is 3.16. The molecule has 5 nitrogen and oxygen atoms in total. The number of carbonyl (C=O) groups is 1. The molecule has 1 aliphatic rings. The molecule has 0 aliphatic carbocycles. The minimum atomic E-state index is -0.0434. The summed E-state index contributed by atoms with van der Waals surface area (Å²) in [6, 6.07) is 5.53. The molecular weight excluding hydrogens is 256 g/mol. The van der Waals surface area contributed by atoms with Crippen LogP contribution < -0.4 is 0 Å². The highest BCUT2D eigenvalue weighted by Crippen LogP contribution is 2.24. The van der Waals surface area contributed by atoms with Crippen molar-refractivity contribution in [2.45, 2.75) is 38.6 Å². The summed E-state index contributed by atoms with van der Waals surface area (Å²) in [4.78, 5) is 14.4. The Morgan fingerprint density at radius 2 is 2.35 bits per heavy atom. The number of aromatic nitrogens is 1. The number of nitrogens with zero attached hydrogens (tertiary/aromatic N) is 2. The van der Waals surface area contributed by atoms with Gasteiger partial charge in [0, 0.05) is 18.7 Å². The van der Waals surface area contributed by atoms with E-state index >= 15 is 0 Å². The monoisotopic (exact) mass is 274 g/mol. The Balaban J connectivity index is 1.80. The van der Waals surface area contributed by atoms with Crippen LogP contribution >= 0.6 is 0 Å². The molecule has 20 heavy (non-hydrogen) atoms. The maximum absolute atomic E-state index is 12.5. The standard InChI is InChI=1S/C15H18N2O3/c1-2-11-6-3-4-8-17(11)15(18)12-10-14(20-16-12)13-7-5-9-19-13/h5,7,9-11H,2-4,6,8H2,1H3/t11-/m1/s1. The topological polar surface area (TPSA) is 59.5 Å². The normalized spacial score (nSPS) is 19.2. The molecule has 2 aromatic rings. The van der Waals surface area contributed by atoms with Gasteiger partial charge >= 0.3 is 0 Å². The number of piperidine rings is 1. The van der Waals surface area contributed by atoms with E-state index in [9.17, 15) is 4.79 Å². The third-order valence-electron chi connectivity index (χ3n) is 3.85. The number of hydrogen-bond donors (Lipinski definition) is 0. The molecule has 0 saturated carbocycles. The van der Waals surface area contributed by atoms with E-state index < -0.39 is 0 Å². The quantitative estimate of drug-likeness (QED) is 0.861. The molecule has 0 unspecified atom stereocenters. The first-order valence-corrected chi connectivity index (χ1v) is 7.11. The Hall–Kier alpha value is -2.04. The van der Waals surface area contributed by atoms with Gasteiger partial charge in [-0.2, -0.15) is 0 Å². The average molecular weight is 274 g/mol. The number of amides is 1. The van der Waals surface area contributed by atoms with Crippen molar-refractivity contribution in [3.05, 3.63) is 30.2 Å². The van der Waals surface area contributed by atoms with Crippen molar-refractivity contribution >= 4 is 5.91 Å². The molecule has 1 atom stereocenters. The number of hydrogen-bond acceptors (Lipinski definition) is 4. The first kappa shape index (κ1) is 13.0. The van der Waals surface area contributed by atoms with Crippen LogP contribution in [-0.2, 0) is 0 Å². The molecule has 0 bridgehead atoms. The van der Waals surface area contributed by atoms with Gasteiger partial charge in [0.05, 0.1) is 6.26 Å². The summed E-state index contributed by atoms with van der Waals surface area (Å²) in [6.07, 6.45) is 5.88. The van der Waals surface area contributed by atoms with Crippen molar-refractivity contribution in [1.29, 1.82) is 0 Å². The zero-order valence-corrected chi connectivity index (χ0v) is 11.5. The highest BCUT2D eigenvalue weighted by molar-refractivity contribution is 5.93. The van der Waals surface area contributed by atoms with Gasteiger partial charge in [-0.25, -0.2) is 0 Å².